The van der Waals surface area contributed by atoms with E-state index in [4.69, 9.17) is 0 Å². The molecule has 1 rings (SSSR count). The molecule has 0 saturated heterocycles. The maximum absolute atomic E-state index is 9.28. The topological polar surface area (TPSA) is 20.2 Å². The number of aryl methyl sites for hydroxylation is 1. The Morgan fingerprint density at radius 1 is 1.06 bits per heavy atom. The van der Waals surface area contributed by atoms with Crippen molar-refractivity contribution in [3.05, 3.63) is 34.9 Å². The first-order chi connectivity index (χ1) is 7.47. The number of aliphatic hydroxyl groups excluding tert-OH is 1. The molecule has 1 heteroatoms. The van der Waals surface area contributed by atoms with Crippen LogP contribution in [-0.4, -0.2) is 5.11 Å². The number of rotatable bonds is 4. The lowest BCUT2D eigenvalue weighted by Gasteiger charge is -2.21. The van der Waals surface area contributed by atoms with E-state index in [9.17, 15) is 5.11 Å². The molecule has 0 aromatic heterocycles. The lowest BCUT2D eigenvalue weighted by Crippen LogP contribution is -2.12. The largest absolute Gasteiger partial charge is 0.392 e. The fourth-order valence-corrected chi connectivity index (χ4v) is 1.81. The maximum Gasteiger partial charge on any atom is 0.0682 e. The van der Waals surface area contributed by atoms with Crippen LogP contribution in [0, 0.1) is 0 Å². The van der Waals surface area contributed by atoms with E-state index in [0.29, 0.717) is 0 Å². The third kappa shape index (κ3) is 3.64. The molecule has 90 valence electrons. The highest BCUT2D eigenvalue weighted by atomic mass is 16.3. The summed E-state index contributed by atoms with van der Waals surface area (Å²) in [6.45, 7) is 9.00. The van der Waals surface area contributed by atoms with Gasteiger partial charge in [-0.05, 0) is 34.9 Å². The Kier molecular flexibility index (Phi) is 4.55. The molecule has 0 heterocycles. The smallest absolute Gasteiger partial charge is 0.0682 e. The average Bonchev–Trinajstić information content (AvgIpc) is 2.24. The SMILES string of the molecule is CCCCc1cc(CO)cc(C(C)(C)C)c1. The molecule has 1 N–H and O–H groups in total. The first kappa shape index (κ1) is 13.2. The summed E-state index contributed by atoms with van der Waals surface area (Å²) in [4.78, 5) is 0. The molecule has 1 aromatic carbocycles. The van der Waals surface area contributed by atoms with E-state index in [2.05, 4.69) is 45.9 Å². The van der Waals surface area contributed by atoms with Crippen LogP contribution in [0.4, 0.5) is 0 Å². The van der Waals surface area contributed by atoms with Gasteiger partial charge >= 0.3 is 0 Å². The van der Waals surface area contributed by atoms with E-state index in [1.165, 1.54) is 24.0 Å². The molecule has 0 atom stereocenters. The van der Waals surface area contributed by atoms with Crippen LogP contribution in [0.15, 0.2) is 18.2 Å². The van der Waals surface area contributed by atoms with E-state index in [-0.39, 0.29) is 12.0 Å². The molecule has 0 amide bonds. The highest BCUT2D eigenvalue weighted by Crippen LogP contribution is 2.25. The molecule has 1 aromatic rings. The molecule has 0 spiro atoms. The Hall–Kier alpha value is -0.820. The third-order valence-corrected chi connectivity index (χ3v) is 2.92. The minimum Gasteiger partial charge on any atom is -0.392 e. The van der Waals surface area contributed by atoms with E-state index in [1.807, 2.05) is 0 Å². The molecule has 1 nitrogen and oxygen atoms in total. The fourth-order valence-electron chi connectivity index (χ4n) is 1.81. The van der Waals surface area contributed by atoms with Gasteiger partial charge in [0.05, 0.1) is 6.61 Å². The Bertz CT molecular complexity index is 334. The van der Waals surface area contributed by atoms with Crippen LogP contribution >= 0.6 is 0 Å². The lowest BCUT2D eigenvalue weighted by atomic mass is 9.84. The first-order valence-electron chi connectivity index (χ1n) is 6.21. The van der Waals surface area contributed by atoms with Gasteiger partial charge in [0, 0.05) is 0 Å². The predicted molar refractivity (Wildman–Crippen MR) is 69.7 cm³/mol. The van der Waals surface area contributed by atoms with Crippen LogP contribution in [0.1, 0.15) is 57.2 Å². The fraction of sp³-hybridized carbons (Fsp3) is 0.600. The van der Waals surface area contributed by atoms with Crippen molar-refractivity contribution in [1.29, 1.82) is 0 Å². The second kappa shape index (κ2) is 5.49. The van der Waals surface area contributed by atoms with Gasteiger partial charge in [0.2, 0.25) is 0 Å². The molecule has 0 radical (unpaired) electrons. The summed E-state index contributed by atoms with van der Waals surface area (Å²) in [5.41, 5.74) is 3.88. The van der Waals surface area contributed by atoms with Crippen LogP contribution < -0.4 is 0 Å². The minimum atomic E-state index is 0.142. The van der Waals surface area contributed by atoms with Crippen molar-refractivity contribution < 1.29 is 5.11 Å². The molecule has 0 unspecified atom stereocenters. The zero-order chi connectivity index (χ0) is 12.2. The van der Waals surface area contributed by atoms with E-state index in [0.717, 1.165) is 12.0 Å². The molecule has 16 heavy (non-hydrogen) atoms. The van der Waals surface area contributed by atoms with Crippen molar-refractivity contribution in [2.75, 3.05) is 0 Å². The second-order valence-electron chi connectivity index (χ2n) is 5.55. The quantitative estimate of drug-likeness (QED) is 0.818. The van der Waals surface area contributed by atoms with Gasteiger partial charge in [-0.3, -0.25) is 0 Å². The van der Waals surface area contributed by atoms with Crippen molar-refractivity contribution in [2.24, 2.45) is 0 Å². The van der Waals surface area contributed by atoms with Crippen molar-refractivity contribution in [3.63, 3.8) is 0 Å². The molecule has 0 fully saturated rings. The van der Waals surface area contributed by atoms with Gasteiger partial charge in [-0.1, -0.05) is 52.3 Å². The Morgan fingerprint density at radius 3 is 2.19 bits per heavy atom. The molecular formula is C15H24O. The maximum atomic E-state index is 9.28. The summed E-state index contributed by atoms with van der Waals surface area (Å²) < 4.78 is 0. The number of aliphatic hydroxyl groups is 1. The van der Waals surface area contributed by atoms with Crippen LogP contribution in [0.3, 0.4) is 0 Å². The van der Waals surface area contributed by atoms with Gasteiger partial charge < -0.3 is 5.11 Å². The molecule has 0 aliphatic carbocycles. The van der Waals surface area contributed by atoms with Gasteiger partial charge in [0.25, 0.3) is 0 Å². The normalized spacial score (nSPS) is 11.8. The van der Waals surface area contributed by atoms with Crippen molar-refractivity contribution in [3.8, 4) is 0 Å². The van der Waals surface area contributed by atoms with Crippen LogP contribution in [-0.2, 0) is 18.4 Å². The predicted octanol–water partition coefficient (Wildman–Crippen LogP) is 3.82. The zero-order valence-corrected chi connectivity index (χ0v) is 11.0. The van der Waals surface area contributed by atoms with Gasteiger partial charge in [0.1, 0.15) is 0 Å². The van der Waals surface area contributed by atoms with Crippen LogP contribution in [0.2, 0.25) is 0 Å². The minimum absolute atomic E-state index is 0.142. The highest BCUT2D eigenvalue weighted by molar-refractivity contribution is 5.34. The standard InChI is InChI=1S/C15H24O/c1-5-6-7-12-8-13(11-16)10-14(9-12)15(2,3)4/h8-10,16H,5-7,11H2,1-4H3. The summed E-state index contributed by atoms with van der Waals surface area (Å²) in [6, 6.07) is 6.54. The van der Waals surface area contributed by atoms with Gasteiger partial charge in [-0.2, -0.15) is 0 Å². The highest BCUT2D eigenvalue weighted by Gasteiger charge is 2.14. The summed E-state index contributed by atoms with van der Waals surface area (Å²) in [5.74, 6) is 0. The summed E-state index contributed by atoms with van der Waals surface area (Å²) in [6.07, 6.45) is 3.56. The Labute approximate surface area is 99.5 Å². The van der Waals surface area contributed by atoms with Gasteiger partial charge in [0.15, 0.2) is 0 Å². The third-order valence-electron chi connectivity index (χ3n) is 2.92. The lowest BCUT2D eigenvalue weighted by molar-refractivity contribution is 0.281. The summed E-state index contributed by atoms with van der Waals surface area (Å²) in [7, 11) is 0. The van der Waals surface area contributed by atoms with Crippen molar-refractivity contribution in [2.45, 2.75) is 59.0 Å². The molecule has 0 bridgehead atoms. The second-order valence-corrected chi connectivity index (χ2v) is 5.55. The molecular weight excluding hydrogens is 196 g/mol. The van der Waals surface area contributed by atoms with E-state index < -0.39 is 0 Å². The molecule has 0 aliphatic rings. The monoisotopic (exact) mass is 220 g/mol. The number of hydrogen-bond acceptors (Lipinski definition) is 1. The number of hydrogen-bond donors (Lipinski definition) is 1. The summed E-state index contributed by atoms with van der Waals surface area (Å²) >= 11 is 0. The first-order valence-corrected chi connectivity index (χ1v) is 6.21. The molecule has 0 aliphatic heterocycles. The average molecular weight is 220 g/mol. The van der Waals surface area contributed by atoms with Crippen LogP contribution in [0.25, 0.3) is 0 Å². The zero-order valence-electron chi connectivity index (χ0n) is 11.0. The van der Waals surface area contributed by atoms with Crippen LogP contribution in [0.5, 0.6) is 0 Å². The van der Waals surface area contributed by atoms with Crippen molar-refractivity contribution in [1.82, 2.24) is 0 Å². The Morgan fingerprint density at radius 2 is 1.69 bits per heavy atom. The van der Waals surface area contributed by atoms with Gasteiger partial charge in [-0.15, -0.1) is 0 Å². The van der Waals surface area contributed by atoms with E-state index >= 15 is 0 Å². The number of benzene rings is 1. The summed E-state index contributed by atoms with van der Waals surface area (Å²) in [5, 5.41) is 9.28. The van der Waals surface area contributed by atoms with Crippen molar-refractivity contribution >= 4 is 0 Å². The molecule has 0 saturated carbocycles. The van der Waals surface area contributed by atoms with Gasteiger partial charge in [-0.25, -0.2) is 0 Å². The number of unbranched alkanes of at least 4 members (excludes halogenated alkanes) is 1. The Balaban J connectivity index is 3.01. The van der Waals surface area contributed by atoms with E-state index in [1.54, 1.807) is 0 Å².